The van der Waals surface area contributed by atoms with Crippen LogP contribution in [0, 0.1) is 5.92 Å². The zero-order valence-corrected chi connectivity index (χ0v) is 24.9. The molecule has 3 heterocycles. The summed E-state index contributed by atoms with van der Waals surface area (Å²) in [7, 11) is 0. The van der Waals surface area contributed by atoms with Crippen molar-refractivity contribution in [2.75, 3.05) is 19.6 Å². The van der Waals surface area contributed by atoms with Gasteiger partial charge in [-0.2, -0.15) is 5.10 Å². The lowest BCUT2D eigenvalue weighted by Crippen LogP contribution is -2.73. The number of aryl methyl sites for hydroxylation is 2. The maximum absolute atomic E-state index is 14.0. The predicted molar refractivity (Wildman–Crippen MR) is 159 cm³/mol. The van der Waals surface area contributed by atoms with Gasteiger partial charge in [-0.05, 0) is 50.0 Å². The van der Waals surface area contributed by atoms with Crippen molar-refractivity contribution in [3.8, 4) is 0 Å². The highest BCUT2D eigenvalue weighted by molar-refractivity contribution is 6.00. The predicted octanol–water partition coefficient (Wildman–Crippen LogP) is 5.56. The summed E-state index contributed by atoms with van der Waals surface area (Å²) >= 11 is 0. The number of rotatable bonds is 10. The van der Waals surface area contributed by atoms with Crippen LogP contribution < -0.4 is 5.32 Å². The fourth-order valence-electron chi connectivity index (χ4n) is 7.57. The second kappa shape index (κ2) is 12.9. The van der Waals surface area contributed by atoms with E-state index >= 15 is 0 Å². The van der Waals surface area contributed by atoms with Crippen LogP contribution in [0.5, 0.6) is 0 Å². The number of hydrogen-bond donors (Lipinski definition) is 2. The molecule has 1 saturated carbocycles. The normalized spacial score (nSPS) is 23.0. The number of benzene rings is 1. The first-order valence-electron chi connectivity index (χ1n) is 16.0. The molecule has 2 unspecified atom stereocenters. The lowest BCUT2D eigenvalue weighted by Gasteiger charge is -2.53. The molecular formula is C33H49N5O2. The smallest absolute Gasteiger partial charge is 0.246 e. The zero-order chi connectivity index (χ0) is 28.1. The van der Waals surface area contributed by atoms with E-state index in [1.807, 2.05) is 4.90 Å². The number of piperidine rings is 1. The van der Waals surface area contributed by atoms with Crippen molar-refractivity contribution in [3.05, 3.63) is 52.8 Å². The summed E-state index contributed by atoms with van der Waals surface area (Å²) in [6, 6.07) is 10.4. The van der Waals surface area contributed by atoms with E-state index < -0.39 is 5.54 Å². The Bertz CT molecular complexity index is 1110. The standard InChI is InChI=1S/C33H49N5O2/c1-4-7-20-38-31(39)28(23-24-14-10-8-11-15-24)34-32(40)33(38)18-21-37(22-19-33)30(25-16-12-9-13-17-25)29-26(5-2)35-36-27(29)6-3/h9,12-13,16-17,24,28,30H,4-8,10-11,14-15,18-23H2,1-3H3,(H,34,40)(H,35,36). The van der Waals surface area contributed by atoms with Crippen LogP contribution in [0.3, 0.4) is 0 Å². The average molecular weight is 548 g/mol. The highest BCUT2D eigenvalue weighted by Crippen LogP contribution is 2.40. The van der Waals surface area contributed by atoms with E-state index in [9.17, 15) is 9.59 Å². The second-order valence-corrected chi connectivity index (χ2v) is 12.3. The third kappa shape index (κ3) is 5.59. The van der Waals surface area contributed by atoms with Crippen molar-refractivity contribution in [2.45, 2.75) is 115 Å². The van der Waals surface area contributed by atoms with Gasteiger partial charge in [0, 0.05) is 30.9 Å². The summed E-state index contributed by atoms with van der Waals surface area (Å²) in [6.45, 7) is 8.70. The first-order chi connectivity index (χ1) is 19.5. The highest BCUT2D eigenvalue weighted by atomic mass is 16.2. The van der Waals surface area contributed by atoms with E-state index in [2.05, 4.69) is 71.5 Å². The molecule has 1 aromatic carbocycles. The van der Waals surface area contributed by atoms with Gasteiger partial charge in [0.2, 0.25) is 11.8 Å². The maximum Gasteiger partial charge on any atom is 0.246 e. The number of carbonyl (C=O) groups is 2. The fourth-order valence-corrected chi connectivity index (χ4v) is 7.57. The summed E-state index contributed by atoms with van der Waals surface area (Å²) in [5.74, 6) is 0.781. The Morgan fingerprint density at radius 3 is 2.38 bits per heavy atom. The molecule has 2 atom stereocenters. The first kappa shape index (κ1) is 28.8. The molecule has 7 nitrogen and oxygen atoms in total. The van der Waals surface area contributed by atoms with Gasteiger partial charge >= 0.3 is 0 Å². The highest BCUT2D eigenvalue weighted by Gasteiger charge is 2.54. The minimum atomic E-state index is -0.745. The van der Waals surface area contributed by atoms with E-state index in [4.69, 9.17) is 0 Å². The van der Waals surface area contributed by atoms with Crippen LogP contribution in [0.1, 0.15) is 114 Å². The van der Waals surface area contributed by atoms with Crippen LogP contribution in [-0.4, -0.2) is 63.0 Å². The number of hydrogen-bond acceptors (Lipinski definition) is 4. The number of unbranched alkanes of at least 4 members (excludes halogenated alkanes) is 1. The van der Waals surface area contributed by atoms with Crippen LogP contribution in [0.25, 0.3) is 0 Å². The minimum Gasteiger partial charge on any atom is -0.342 e. The third-order valence-corrected chi connectivity index (χ3v) is 9.87. The molecule has 3 fully saturated rings. The Kier molecular flexibility index (Phi) is 9.29. The quantitative estimate of drug-likeness (QED) is 0.408. The lowest BCUT2D eigenvalue weighted by molar-refractivity contribution is -0.162. The van der Waals surface area contributed by atoms with Crippen LogP contribution in [0.4, 0.5) is 0 Å². The molecule has 0 bridgehead atoms. The van der Waals surface area contributed by atoms with Crippen molar-refractivity contribution in [1.82, 2.24) is 25.3 Å². The second-order valence-electron chi connectivity index (χ2n) is 12.3. The van der Waals surface area contributed by atoms with E-state index in [1.165, 1.54) is 48.9 Å². The van der Waals surface area contributed by atoms with Crippen LogP contribution in [0.15, 0.2) is 30.3 Å². The lowest BCUT2D eigenvalue weighted by atomic mass is 9.78. The van der Waals surface area contributed by atoms with Gasteiger partial charge in [-0.3, -0.25) is 19.6 Å². The molecular weight excluding hydrogens is 498 g/mol. The largest absolute Gasteiger partial charge is 0.342 e. The van der Waals surface area contributed by atoms with E-state index in [0.29, 0.717) is 25.3 Å². The van der Waals surface area contributed by atoms with Gasteiger partial charge in [-0.1, -0.05) is 89.6 Å². The van der Waals surface area contributed by atoms with Crippen molar-refractivity contribution in [2.24, 2.45) is 5.92 Å². The molecule has 40 heavy (non-hydrogen) atoms. The number of nitrogens with zero attached hydrogens (tertiary/aromatic N) is 3. The van der Waals surface area contributed by atoms with Crippen molar-refractivity contribution in [1.29, 1.82) is 0 Å². The maximum atomic E-state index is 14.0. The number of carbonyl (C=O) groups excluding carboxylic acids is 2. The van der Waals surface area contributed by atoms with Gasteiger partial charge in [0.05, 0.1) is 11.7 Å². The first-order valence-corrected chi connectivity index (χ1v) is 16.0. The molecule has 1 spiro atoms. The number of aromatic nitrogens is 2. The van der Waals surface area contributed by atoms with Crippen LogP contribution in [0.2, 0.25) is 0 Å². The number of H-pyrrole nitrogens is 1. The molecule has 2 aliphatic heterocycles. The van der Waals surface area contributed by atoms with E-state index in [0.717, 1.165) is 50.9 Å². The van der Waals surface area contributed by atoms with Crippen LogP contribution >= 0.6 is 0 Å². The topological polar surface area (TPSA) is 81.3 Å². The van der Waals surface area contributed by atoms with Crippen molar-refractivity contribution < 1.29 is 9.59 Å². The molecule has 218 valence electrons. The molecule has 1 aliphatic carbocycles. The Morgan fingerprint density at radius 1 is 1.00 bits per heavy atom. The Labute approximate surface area is 240 Å². The summed E-state index contributed by atoms with van der Waals surface area (Å²) in [5, 5.41) is 11.3. The van der Waals surface area contributed by atoms with Gasteiger partial charge in [0.25, 0.3) is 0 Å². The van der Waals surface area contributed by atoms with Crippen molar-refractivity contribution >= 4 is 11.8 Å². The molecule has 7 heteroatoms. The average Bonchev–Trinajstić information content (AvgIpc) is 3.41. The molecule has 2 amide bonds. The SMILES string of the molecule is CCCCN1C(=O)C(CC2CCCCC2)NC(=O)C12CCN(C(c1ccccc1)c1c(CC)n[nH]c1CC)CC2. The molecule has 2 saturated heterocycles. The third-order valence-electron chi connectivity index (χ3n) is 9.87. The molecule has 0 radical (unpaired) electrons. The zero-order valence-electron chi connectivity index (χ0n) is 24.9. The fraction of sp³-hybridized carbons (Fsp3) is 0.667. The van der Waals surface area contributed by atoms with Gasteiger partial charge in [0.15, 0.2) is 0 Å². The van der Waals surface area contributed by atoms with E-state index in [-0.39, 0.29) is 23.9 Å². The van der Waals surface area contributed by atoms with Crippen molar-refractivity contribution in [3.63, 3.8) is 0 Å². The van der Waals surface area contributed by atoms with Crippen LogP contribution in [-0.2, 0) is 22.4 Å². The van der Waals surface area contributed by atoms with Gasteiger partial charge in [-0.15, -0.1) is 0 Å². The molecule has 2 N–H and O–H groups in total. The summed E-state index contributed by atoms with van der Waals surface area (Å²) < 4.78 is 0. The Balaban J connectivity index is 1.40. The number of aromatic amines is 1. The van der Waals surface area contributed by atoms with Gasteiger partial charge < -0.3 is 10.2 Å². The Hall–Kier alpha value is -2.67. The van der Waals surface area contributed by atoms with Gasteiger partial charge in [-0.25, -0.2) is 0 Å². The Morgan fingerprint density at radius 2 is 1.73 bits per heavy atom. The summed E-state index contributed by atoms with van der Waals surface area (Å²) in [5.41, 5.74) is 4.10. The molecule has 1 aromatic heterocycles. The minimum absolute atomic E-state index is 0.0757. The van der Waals surface area contributed by atoms with Gasteiger partial charge in [0.1, 0.15) is 11.6 Å². The number of piperazine rings is 1. The number of nitrogens with one attached hydrogen (secondary N) is 2. The molecule has 3 aliphatic rings. The number of amides is 2. The monoisotopic (exact) mass is 547 g/mol. The molecule has 2 aromatic rings. The van der Waals surface area contributed by atoms with E-state index in [1.54, 1.807) is 0 Å². The number of likely N-dealkylation sites (tertiary alicyclic amines) is 1. The summed E-state index contributed by atoms with van der Waals surface area (Å²) in [6.07, 6.45) is 12.0. The molecule has 5 rings (SSSR count). The summed E-state index contributed by atoms with van der Waals surface area (Å²) in [4.78, 5) is 32.5.